The summed E-state index contributed by atoms with van der Waals surface area (Å²) in [6.45, 7) is 8.74. The van der Waals surface area contributed by atoms with Crippen molar-refractivity contribution >= 4 is 17.3 Å². The molecule has 1 heterocycles. The third kappa shape index (κ3) is 4.70. The Hall–Kier alpha value is -2.66. The molecule has 1 saturated heterocycles. The van der Waals surface area contributed by atoms with Crippen LogP contribution in [-0.4, -0.2) is 54.0 Å². The maximum atomic E-state index is 12.3. The van der Waals surface area contributed by atoms with Crippen LogP contribution in [0.3, 0.4) is 0 Å². The van der Waals surface area contributed by atoms with E-state index in [1.807, 2.05) is 13.8 Å². The van der Waals surface area contributed by atoms with Crippen molar-refractivity contribution in [3.8, 4) is 6.07 Å². The van der Waals surface area contributed by atoms with Crippen LogP contribution in [0.1, 0.15) is 20.8 Å². The number of amides is 1. The van der Waals surface area contributed by atoms with Gasteiger partial charge < -0.3 is 10.2 Å². The van der Waals surface area contributed by atoms with Crippen LogP contribution >= 0.6 is 0 Å². The van der Waals surface area contributed by atoms with Crippen LogP contribution in [-0.2, 0) is 4.79 Å². The molecule has 2 rings (SSSR count). The van der Waals surface area contributed by atoms with Gasteiger partial charge in [-0.1, -0.05) is 13.8 Å². The average molecular weight is 359 g/mol. The van der Waals surface area contributed by atoms with E-state index < -0.39 is 10.5 Å². The van der Waals surface area contributed by atoms with Gasteiger partial charge in [0.15, 0.2) is 0 Å². The lowest BCUT2D eigenvalue weighted by Crippen LogP contribution is -2.54. The molecule has 0 aromatic heterocycles. The zero-order valence-electron chi connectivity index (χ0n) is 15.4. The first-order chi connectivity index (χ1) is 12.2. The van der Waals surface area contributed by atoms with Gasteiger partial charge in [-0.25, -0.2) is 0 Å². The summed E-state index contributed by atoms with van der Waals surface area (Å²) < 4.78 is 0. The topological polar surface area (TPSA) is 103 Å². The third-order valence-corrected chi connectivity index (χ3v) is 4.95. The molecule has 8 nitrogen and oxygen atoms in total. The van der Waals surface area contributed by atoms with Crippen LogP contribution in [0.5, 0.6) is 0 Å². The Bertz CT molecular complexity index is 690. The molecule has 140 valence electrons. The second kappa shape index (κ2) is 8.15. The highest BCUT2D eigenvalue weighted by Gasteiger charge is 2.30. The first kappa shape index (κ1) is 19.7. The lowest BCUT2D eigenvalue weighted by Gasteiger charge is -2.36. The van der Waals surface area contributed by atoms with Gasteiger partial charge in [0.05, 0.1) is 17.5 Å². The van der Waals surface area contributed by atoms with Crippen molar-refractivity contribution < 1.29 is 9.72 Å². The summed E-state index contributed by atoms with van der Waals surface area (Å²) in [7, 11) is 0. The van der Waals surface area contributed by atoms with Gasteiger partial charge in [0.25, 0.3) is 5.69 Å². The molecule has 0 bridgehead atoms. The molecule has 1 aliphatic rings. The van der Waals surface area contributed by atoms with Crippen molar-refractivity contribution in [1.82, 2.24) is 10.2 Å². The first-order valence-corrected chi connectivity index (χ1v) is 8.69. The zero-order chi connectivity index (χ0) is 19.3. The zero-order valence-corrected chi connectivity index (χ0v) is 15.4. The minimum absolute atomic E-state index is 0.0236. The lowest BCUT2D eigenvalue weighted by atomic mass is 9.90. The average Bonchev–Trinajstić information content (AvgIpc) is 2.62. The maximum Gasteiger partial charge on any atom is 0.269 e. The van der Waals surface area contributed by atoms with Gasteiger partial charge in [0.1, 0.15) is 5.54 Å². The van der Waals surface area contributed by atoms with Crippen molar-refractivity contribution in [3.63, 3.8) is 0 Å². The molecule has 1 fully saturated rings. The number of rotatable bonds is 6. The quantitative estimate of drug-likeness (QED) is 0.613. The van der Waals surface area contributed by atoms with E-state index in [2.05, 4.69) is 21.2 Å². The molecule has 1 N–H and O–H groups in total. The highest BCUT2D eigenvalue weighted by atomic mass is 16.6. The van der Waals surface area contributed by atoms with Crippen LogP contribution in [0.2, 0.25) is 0 Å². The number of nitriles is 1. The SMILES string of the molecule is CC(C)C(C)(C#N)NC(=O)CN1CCN(c2ccc([N+](=O)[O-])cc2)CC1. The predicted octanol–water partition coefficient (Wildman–Crippen LogP) is 1.77. The number of anilines is 1. The molecular weight excluding hydrogens is 334 g/mol. The summed E-state index contributed by atoms with van der Waals surface area (Å²) >= 11 is 0. The van der Waals surface area contributed by atoms with E-state index >= 15 is 0 Å². The highest BCUT2D eigenvalue weighted by molar-refractivity contribution is 5.79. The molecule has 0 radical (unpaired) electrons. The molecule has 1 aromatic carbocycles. The van der Waals surface area contributed by atoms with Gasteiger partial charge >= 0.3 is 0 Å². The Morgan fingerprint density at radius 2 is 1.88 bits per heavy atom. The van der Waals surface area contributed by atoms with E-state index in [0.29, 0.717) is 0 Å². The Morgan fingerprint density at radius 3 is 2.35 bits per heavy atom. The fourth-order valence-electron chi connectivity index (χ4n) is 2.78. The molecule has 1 amide bonds. The molecule has 1 aliphatic heterocycles. The number of piperazine rings is 1. The second-order valence-electron chi connectivity index (χ2n) is 7.05. The largest absolute Gasteiger partial charge is 0.369 e. The number of nitrogens with zero attached hydrogens (tertiary/aromatic N) is 4. The third-order valence-electron chi connectivity index (χ3n) is 4.95. The van der Waals surface area contributed by atoms with Gasteiger partial charge in [-0.2, -0.15) is 5.26 Å². The van der Waals surface area contributed by atoms with Crippen LogP contribution in [0.25, 0.3) is 0 Å². The molecule has 0 aliphatic carbocycles. The van der Waals surface area contributed by atoms with E-state index in [4.69, 9.17) is 0 Å². The number of carbonyl (C=O) groups is 1. The number of carbonyl (C=O) groups excluding carboxylic acids is 1. The number of nitro groups is 1. The van der Waals surface area contributed by atoms with Crippen molar-refractivity contribution in [2.45, 2.75) is 26.3 Å². The molecule has 0 spiro atoms. The fourth-order valence-corrected chi connectivity index (χ4v) is 2.78. The molecule has 1 unspecified atom stereocenters. The van der Waals surface area contributed by atoms with E-state index in [0.717, 1.165) is 31.9 Å². The molecule has 8 heteroatoms. The predicted molar refractivity (Wildman–Crippen MR) is 98.7 cm³/mol. The summed E-state index contributed by atoms with van der Waals surface area (Å²) in [6.07, 6.45) is 0. The molecule has 1 aromatic rings. The van der Waals surface area contributed by atoms with Crippen molar-refractivity contribution in [2.24, 2.45) is 5.92 Å². The van der Waals surface area contributed by atoms with E-state index in [1.165, 1.54) is 12.1 Å². The Balaban J connectivity index is 1.85. The summed E-state index contributed by atoms with van der Waals surface area (Å²) in [5, 5.41) is 22.9. The van der Waals surface area contributed by atoms with Gasteiger partial charge in [0.2, 0.25) is 5.91 Å². The molecule has 1 atom stereocenters. The number of nitro benzene ring substituents is 1. The first-order valence-electron chi connectivity index (χ1n) is 8.69. The number of hydrogen-bond acceptors (Lipinski definition) is 6. The number of nitrogens with one attached hydrogen (secondary N) is 1. The van der Waals surface area contributed by atoms with Crippen molar-refractivity contribution in [1.29, 1.82) is 5.26 Å². The van der Waals surface area contributed by atoms with Crippen LogP contribution < -0.4 is 10.2 Å². The van der Waals surface area contributed by atoms with Gasteiger partial charge in [-0.15, -0.1) is 0 Å². The van der Waals surface area contributed by atoms with E-state index in [9.17, 15) is 20.2 Å². The Labute approximate surface area is 153 Å². The van der Waals surface area contributed by atoms with Gasteiger partial charge in [-0.3, -0.25) is 19.8 Å². The minimum atomic E-state index is -0.863. The number of benzene rings is 1. The Kier molecular flexibility index (Phi) is 6.16. The number of non-ortho nitro benzene ring substituents is 1. The normalized spacial score (nSPS) is 17.4. The molecule has 26 heavy (non-hydrogen) atoms. The van der Waals surface area contributed by atoms with E-state index in [1.54, 1.807) is 19.1 Å². The minimum Gasteiger partial charge on any atom is -0.369 e. The number of hydrogen-bond donors (Lipinski definition) is 1. The van der Waals surface area contributed by atoms with Gasteiger partial charge in [0, 0.05) is 44.0 Å². The maximum absolute atomic E-state index is 12.3. The van der Waals surface area contributed by atoms with Crippen molar-refractivity contribution in [2.75, 3.05) is 37.6 Å². The van der Waals surface area contributed by atoms with Crippen LogP contribution in [0.15, 0.2) is 24.3 Å². The summed E-state index contributed by atoms with van der Waals surface area (Å²) in [5.41, 5.74) is 0.156. The van der Waals surface area contributed by atoms with Crippen molar-refractivity contribution in [3.05, 3.63) is 34.4 Å². The standard InChI is InChI=1S/C18H25N5O3/c1-14(2)18(3,13-19)20-17(24)12-21-8-10-22(11-9-21)15-4-6-16(7-5-15)23(25)26/h4-7,14H,8-12H2,1-3H3,(H,20,24). The highest BCUT2D eigenvalue weighted by Crippen LogP contribution is 2.20. The van der Waals surface area contributed by atoms with Crippen LogP contribution in [0.4, 0.5) is 11.4 Å². The van der Waals surface area contributed by atoms with E-state index in [-0.39, 0.29) is 24.1 Å². The smallest absolute Gasteiger partial charge is 0.269 e. The fraction of sp³-hybridized carbons (Fsp3) is 0.556. The summed E-state index contributed by atoms with van der Waals surface area (Å²) in [6, 6.07) is 8.69. The second-order valence-corrected chi connectivity index (χ2v) is 7.05. The van der Waals surface area contributed by atoms with Gasteiger partial charge in [-0.05, 0) is 25.0 Å². The lowest BCUT2D eigenvalue weighted by molar-refractivity contribution is -0.384. The molecule has 0 saturated carbocycles. The van der Waals surface area contributed by atoms with Crippen LogP contribution in [0, 0.1) is 27.4 Å². The molecular formula is C18H25N5O3. The Morgan fingerprint density at radius 1 is 1.31 bits per heavy atom. The monoisotopic (exact) mass is 359 g/mol. The summed E-state index contributed by atoms with van der Waals surface area (Å²) in [5.74, 6) is -0.123. The summed E-state index contributed by atoms with van der Waals surface area (Å²) in [4.78, 5) is 26.8.